The van der Waals surface area contributed by atoms with Gasteiger partial charge in [0.1, 0.15) is 0 Å². The van der Waals surface area contributed by atoms with Crippen LogP contribution in [0.2, 0.25) is 0 Å². The molecule has 3 heterocycles. The molecule has 1 unspecified atom stereocenters. The smallest absolute Gasteiger partial charge is 0.230 e. The maximum absolute atomic E-state index is 11.2. The molecule has 1 saturated heterocycles. The largest absolute Gasteiger partial charge is 0.306 e. The summed E-state index contributed by atoms with van der Waals surface area (Å²) in [4.78, 5) is 17.1. The molecule has 0 aliphatic carbocycles. The molecule has 0 saturated carbocycles. The van der Waals surface area contributed by atoms with Gasteiger partial charge >= 0.3 is 0 Å². The van der Waals surface area contributed by atoms with E-state index in [1.54, 1.807) is 29.1 Å². The second-order valence-electron chi connectivity index (χ2n) is 3.71. The summed E-state index contributed by atoms with van der Waals surface area (Å²) < 4.78 is 0. The summed E-state index contributed by atoms with van der Waals surface area (Å²) in [6.07, 6.45) is 7.85. The highest BCUT2D eigenvalue weighted by Crippen LogP contribution is 2.38. The monoisotopic (exact) mass is 266 g/mol. The number of thioether (sulfide) groups is 2. The van der Waals surface area contributed by atoms with E-state index in [0.29, 0.717) is 22.2 Å². The van der Waals surface area contributed by atoms with E-state index in [0.717, 1.165) is 5.75 Å². The summed E-state index contributed by atoms with van der Waals surface area (Å²) in [6.45, 7) is 0. The third kappa shape index (κ3) is 2.30. The molecule has 7 heteroatoms. The average Bonchev–Trinajstić information content (AvgIpc) is 2.36. The van der Waals surface area contributed by atoms with Crippen LogP contribution in [-0.2, 0) is 4.79 Å². The first kappa shape index (κ1) is 11.0. The number of carbonyl (C=O) groups excluding carboxylic acids is 1. The van der Waals surface area contributed by atoms with Gasteiger partial charge in [0, 0.05) is 17.2 Å². The van der Waals surface area contributed by atoms with Crippen molar-refractivity contribution in [2.45, 2.75) is 22.2 Å². The maximum atomic E-state index is 11.2. The maximum Gasteiger partial charge on any atom is 0.230 e. The molecule has 88 valence electrons. The van der Waals surface area contributed by atoms with Crippen LogP contribution in [-0.4, -0.2) is 42.4 Å². The Labute approximate surface area is 107 Å². The Kier molecular flexibility index (Phi) is 3.02. The van der Waals surface area contributed by atoms with E-state index in [2.05, 4.69) is 21.3 Å². The predicted molar refractivity (Wildman–Crippen MR) is 66.3 cm³/mol. The second kappa shape index (κ2) is 4.66. The van der Waals surface area contributed by atoms with Crippen molar-refractivity contribution >= 4 is 29.4 Å². The number of fused-ring (bicyclic) bond motifs is 1. The summed E-state index contributed by atoms with van der Waals surface area (Å²) in [7, 11) is 0. The Morgan fingerprint density at radius 2 is 2.47 bits per heavy atom. The molecule has 0 N–H and O–H groups in total. The zero-order chi connectivity index (χ0) is 11.7. The first-order chi connectivity index (χ1) is 8.33. The summed E-state index contributed by atoms with van der Waals surface area (Å²) in [5.41, 5.74) is 0. The summed E-state index contributed by atoms with van der Waals surface area (Å²) >= 11 is 3.42. The molecule has 5 nitrogen and oxygen atoms in total. The highest BCUT2D eigenvalue weighted by molar-refractivity contribution is 8.03. The van der Waals surface area contributed by atoms with Crippen molar-refractivity contribution < 1.29 is 4.79 Å². The molecule has 17 heavy (non-hydrogen) atoms. The Morgan fingerprint density at radius 3 is 3.18 bits per heavy atom. The lowest BCUT2D eigenvalue weighted by Crippen LogP contribution is -2.49. The molecule has 1 fully saturated rings. The number of nitrogens with zero attached hydrogens (tertiary/aromatic N) is 4. The number of hydrogen-bond acceptors (Lipinski definition) is 6. The van der Waals surface area contributed by atoms with Crippen molar-refractivity contribution in [1.82, 2.24) is 20.1 Å². The molecule has 0 radical (unpaired) electrons. The van der Waals surface area contributed by atoms with Gasteiger partial charge in [-0.2, -0.15) is 5.10 Å². The number of hydrogen-bond donors (Lipinski definition) is 0. The van der Waals surface area contributed by atoms with E-state index in [1.165, 1.54) is 0 Å². The van der Waals surface area contributed by atoms with Gasteiger partial charge in [-0.25, -0.2) is 4.98 Å². The van der Waals surface area contributed by atoms with E-state index in [4.69, 9.17) is 0 Å². The minimum atomic E-state index is 0.223. The molecule has 1 aromatic heterocycles. The third-order valence-electron chi connectivity index (χ3n) is 2.58. The standard InChI is InChI=1S/C10H10N4OS2/c15-8-5-9-14(8)4-1-7(17-9)6-16-10-11-2-3-12-13-10/h1-4,7,9H,5-6H2/t7?,9-/m1/s1. The minimum absolute atomic E-state index is 0.223. The molecule has 2 aliphatic heterocycles. The number of amides is 1. The predicted octanol–water partition coefficient (Wildman–Crippen LogP) is 1.15. The average molecular weight is 266 g/mol. The van der Waals surface area contributed by atoms with Crippen LogP contribution in [0.5, 0.6) is 0 Å². The van der Waals surface area contributed by atoms with Crippen LogP contribution < -0.4 is 0 Å². The van der Waals surface area contributed by atoms with Gasteiger partial charge in [-0.1, -0.05) is 17.8 Å². The fourth-order valence-electron chi connectivity index (χ4n) is 1.68. The van der Waals surface area contributed by atoms with Crippen molar-refractivity contribution in [3.05, 3.63) is 24.7 Å². The molecule has 1 amide bonds. The van der Waals surface area contributed by atoms with E-state index in [-0.39, 0.29) is 5.91 Å². The van der Waals surface area contributed by atoms with Crippen LogP contribution in [0.1, 0.15) is 6.42 Å². The number of β-lactam (4-membered cyclic amide) rings is 1. The van der Waals surface area contributed by atoms with Crippen LogP contribution >= 0.6 is 23.5 Å². The van der Waals surface area contributed by atoms with Crippen molar-refractivity contribution in [3.63, 3.8) is 0 Å². The first-order valence-electron chi connectivity index (χ1n) is 5.24. The summed E-state index contributed by atoms with van der Waals surface area (Å²) in [6, 6.07) is 0. The van der Waals surface area contributed by atoms with Gasteiger partial charge in [0.25, 0.3) is 0 Å². The fourth-order valence-corrected chi connectivity index (χ4v) is 3.99. The topological polar surface area (TPSA) is 59.0 Å². The first-order valence-corrected chi connectivity index (χ1v) is 7.17. The zero-order valence-corrected chi connectivity index (χ0v) is 10.5. The third-order valence-corrected chi connectivity index (χ3v) is 5.14. The second-order valence-corrected chi connectivity index (χ2v) is 6.12. The Balaban J connectivity index is 1.55. The van der Waals surface area contributed by atoms with E-state index in [9.17, 15) is 4.79 Å². The Bertz CT molecular complexity index is 453. The van der Waals surface area contributed by atoms with Gasteiger partial charge in [0.05, 0.1) is 24.2 Å². The van der Waals surface area contributed by atoms with E-state index in [1.807, 2.05) is 18.0 Å². The molecular weight excluding hydrogens is 256 g/mol. The van der Waals surface area contributed by atoms with Crippen LogP contribution in [0.3, 0.4) is 0 Å². The van der Waals surface area contributed by atoms with Gasteiger partial charge < -0.3 is 4.90 Å². The zero-order valence-electron chi connectivity index (χ0n) is 8.89. The highest BCUT2D eigenvalue weighted by atomic mass is 32.2. The summed E-state index contributed by atoms with van der Waals surface area (Å²) in [5, 5.41) is 9.17. The molecule has 0 aromatic carbocycles. The quantitative estimate of drug-likeness (QED) is 0.604. The van der Waals surface area contributed by atoms with Crippen molar-refractivity contribution in [2.24, 2.45) is 0 Å². The molecule has 2 aliphatic rings. The molecule has 0 bridgehead atoms. The summed E-state index contributed by atoms with van der Waals surface area (Å²) in [5.74, 6) is 1.13. The Hall–Kier alpha value is -1.08. The van der Waals surface area contributed by atoms with Crippen LogP contribution in [0.4, 0.5) is 0 Å². The molecule has 1 aromatic rings. The fraction of sp³-hybridized carbons (Fsp3) is 0.400. The molecule has 3 rings (SSSR count). The van der Waals surface area contributed by atoms with Gasteiger partial charge in [-0.3, -0.25) is 4.79 Å². The van der Waals surface area contributed by atoms with Gasteiger partial charge in [0.15, 0.2) is 0 Å². The minimum Gasteiger partial charge on any atom is -0.306 e. The number of rotatable bonds is 3. The van der Waals surface area contributed by atoms with Crippen molar-refractivity contribution in [3.8, 4) is 0 Å². The lowest BCUT2D eigenvalue weighted by molar-refractivity contribution is -0.137. The molecule has 0 spiro atoms. The SMILES string of the molecule is O=C1C[C@H]2SC(CSc3nccnn3)C=CN12. The van der Waals surface area contributed by atoms with Gasteiger partial charge in [-0.05, 0) is 0 Å². The van der Waals surface area contributed by atoms with Gasteiger partial charge in [0.2, 0.25) is 11.1 Å². The van der Waals surface area contributed by atoms with Crippen LogP contribution in [0.25, 0.3) is 0 Å². The van der Waals surface area contributed by atoms with Crippen LogP contribution in [0.15, 0.2) is 29.8 Å². The van der Waals surface area contributed by atoms with Crippen molar-refractivity contribution in [2.75, 3.05) is 5.75 Å². The molecule has 2 atom stereocenters. The van der Waals surface area contributed by atoms with E-state index < -0.39 is 0 Å². The molecular formula is C10H10N4OS2. The van der Waals surface area contributed by atoms with E-state index >= 15 is 0 Å². The Morgan fingerprint density at radius 1 is 1.53 bits per heavy atom. The highest BCUT2D eigenvalue weighted by Gasteiger charge is 2.38. The number of aromatic nitrogens is 3. The van der Waals surface area contributed by atoms with Gasteiger partial charge in [-0.15, -0.1) is 16.9 Å². The van der Waals surface area contributed by atoms with Crippen LogP contribution in [0, 0.1) is 0 Å². The van der Waals surface area contributed by atoms with Crippen molar-refractivity contribution in [1.29, 1.82) is 0 Å². The lowest BCUT2D eigenvalue weighted by Gasteiger charge is -2.41. The normalized spacial score (nSPS) is 26.6. The number of carbonyl (C=O) groups is 1. The lowest BCUT2D eigenvalue weighted by atomic mass is 10.2.